The topological polar surface area (TPSA) is 52.3 Å². The molecule has 0 aliphatic heterocycles. The highest BCUT2D eigenvalue weighted by molar-refractivity contribution is 5.59. The summed E-state index contributed by atoms with van der Waals surface area (Å²) in [6.45, 7) is 5.16. The summed E-state index contributed by atoms with van der Waals surface area (Å²) in [6.07, 6.45) is 8.46. The Morgan fingerprint density at radius 2 is 2.33 bits per heavy atom. The minimum Gasteiger partial charge on any atom is -1.00 e. The molecule has 0 aliphatic carbocycles. The molecule has 0 spiro atoms. The van der Waals surface area contributed by atoms with E-state index < -0.39 is 0 Å². The first-order valence-electron chi connectivity index (χ1n) is 4.97. The van der Waals surface area contributed by atoms with Gasteiger partial charge in [-0.3, -0.25) is 4.98 Å². The predicted molar refractivity (Wildman–Crippen MR) is 54.2 cm³/mol. The van der Waals surface area contributed by atoms with Gasteiger partial charge in [-0.05, 0) is 5.92 Å². The Hall–Kier alpha value is -0.590. The van der Waals surface area contributed by atoms with E-state index in [0.717, 1.165) is 13.0 Å². The standard InChI is InChI=1S/C10H17N3O.HI/c1-3-9(2)10(6-12-14)7-13-5-4-11-8-13;/h4-6,8-10,14H,3,7H2,1-2H3;1H. The van der Waals surface area contributed by atoms with Crippen molar-refractivity contribution in [2.24, 2.45) is 17.0 Å². The SMILES string of the molecule is CCC(C)C(C=NO)C[n+]1cc[nH]c1.[I-]. The van der Waals surface area contributed by atoms with Crippen molar-refractivity contribution in [3.05, 3.63) is 18.7 Å². The van der Waals surface area contributed by atoms with Gasteiger partial charge >= 0.3 is 0 Å². The van der Waals surface area contributed by atoms with Gasteiger partial charge in [-0.25, -0.2) is 4.57 Å². The molecule has 0 radical (unpaired) electrons. The van der Waals surface area contributed by atoms with Gasteiger partial charge in [0.15, 0.2) is 0 Å². The first kappa shape index (κ1) is 14.4. The summed E-state index contributed by atoms with van der Waals surface area (Å²) in [5.41, 5.74) is 0. The van der Waals surface area contributed by atoms with Gasteiger partial charge in [0.1, 0.15) is 12.4 Å². The summed E-state index contributed by atoms with van der Waals surface area (Å²) >= 11 is 0. The highest BCUT2D eigenvalue weighted by atomic mass is 127. The van der Waals surface area contributed by atoms with Crippen LogP contribution in [0.4, 0.5) is 0 Å². The number of nitrogens with one attached hydrogen (secondary N) is 1. The maximum atomic E-state index is 8.56. The summed E-state index contributed by atoms with van der Waals surface area (Å²) in [7, 11) is 0. The minimum atomic E-state index is 0. The molecule has 0 amide bonds. The van der Waals surface area contributed by atoms with Crippen LogP contribution in [0.15, 0.2) is 23.9 Å². The number of hydrogen-bond donors (Lipinski definition) is 2. The summed E-state index contributed by atoms with van der Waals surface area (Å²) < 4.78 is 2.05. The Kier molecular flexibility index (Phi) is 7.37. The van der Waals surface area contributed by atoms with E-state index in [9.17, 15) is 0 Å². The largest absolute Gasteiger partial charge is 1.00 e. The van der Waals surface area contributed by atoms with Crippen molar-refractivity contribution in [1.82, 2.24) is 4.98 Å². The lowest BCUT2D eigenvalue weighted by Crippen LogP contribution is -3.00. The molecular formula is C10H18IN3O. The van der Waals surface area contributed by atoms with Crippen LogP contribution in [0.5, 0.6) is 0 Å². The van der Waals surface area contributed by atoms with Gasteiger partial charge < -0.3 is 29.2 Å². The van der Waals surface area contributed by atoms with Crippen molar-refractivity contribution in [2.45, 2.75) is 26.8 Å². The highest BCUT2D eigenvalue weighted by Gasteiger charge is 2.16. The van der Waals surface area contributed by atoms with Crippen molar-refractivity contribution >= 4 is 6.21 Å². The van der Waals surface area contributed by atoms with Crippen molar-refractivity contribution in [3.63, 3.8) is 0 Å². The molecule has 1 aromatic rings. The molecule has 2 atom stereocenters. The minimum absolute atomic E-state index is 0. The summed E-state index contributed by atoms with van der Waals surface area (Å²) in [4.78, 5) is 2.99. The Bertz CT molecular complexity index is 274. The molecule has 1 aromatic heterocycles. The fraction of sp³-hybridized carbons (Fsp3) is 0.600. The van der Waals surface area contributed by atoms with Gasteiger partial charge in [0.25, 0.3) is 0 Å². The highest BCUT2D eigenvalue weighted by Crippen LogP contribution is 2.13. The molecule has 86 valence electrons. The number of imidazole rings is 1. The maximum absolute atomic E-state index is 8.56. The first-order chi connectivity index (χ1) is 6.77. The van der Waals surface area contributed by atoms with Crippen molar-refractivity contribution in [1.29, 1.82) is 0 Å². The van der Waals surface area contributed by atoms with Crippen LogP contribution in [0, 0.1) is 11.8 Å². The average molecular weight is 323 g/mol. The van der Waals surface area contributed by atoms with Gasteiger partial charge in [0.2, 0.25) is 6.33 Å². The molecule has 2 unspecified atom stereocenters. The molecule has 1 rings (SSSR count). The molecule has 5 heteroatoms. The normalized spacial score (nSPS) is 14.8. The van der Waals surface area contributed by atoms with Crippen LogP contribution in [0.1, 0.15) is 20.3 Å². The van der Waals surface area contributed by atoms with E-state index >= 15 is 0 Å². The second-order valence-corrected chi connectivity index (χ2v) is 3.62. The smallest absolute Gasteiger partial charge is 0.241 e. The fourth-order valence-corrected chi connectivity index (χ4v) is 1.44. The number of hydrogen-bond acceptors (Lipinski definition) is 2. The zero-order valence-corrected chi connectivity index (χ0v) is 11.3. The number of halogens is 1. The lowest BCUT2D eigenvalue weighted by atomic mass is 9.93. The van der Waals surface area contributed by atoms with Crippen molar-refractivity contribution in [3.8, 4) is 0 Å². The molecule has 0 saturated heterocycles. The van der Waals surface area contributed by atoms with Crippen molar-refractivity contribution in [2.75, 3.05) is 0 Å². The maximum Gasteiger partial charge on any atom is 0.241 e. The van der Waals surface area contributed by atoms with Gasteiger partial charge in [0, 0.05) is 5.92 Å². The summed E-state index contributed by atoms with van der Waals surface area (Å²) in [5.74, 6) is 0.805. The second kappa shape index (κ2) is 7.67. The van der Waals surface area contributed by atoms with Crippen LogP contribution in [0.2, 0.25) is 0 Å². The van der Waals surface area contributed by atoms with E-state index in [1.807, 2.05) is 18.7 Å². The molecule has 0 fully saturated rings. The molecule has 2 N–H and O–H groups in total. The molecule has 0 aromatic carbocycles. The second-order valence-electron chi connectivity index (χ2n) is 3.62. The number of nitrogens with zero attached hydrogens (tertiary/aromatic N) is 2. The summed E-state index contributed by atoms with van der Waals surface area (Å²) in [5, 5.41) is 11.7. The third-order valence-corrected chi connectivity index (χ3v) is 2.66. The van der Waals surface area contributed by atoms with Gasteiger partial charge in [-0.1, -0.05) is 20.3 Å². The fourth-order valence-electron chi connectivity index (χ4n) is 1.44. The number of aromatic nitrogens is 2. The Morgan fingerprint density at radius 3 is 2.80 bits per heavy atom. The number of rotatable bonds is 5. The third-order valence-electron chi connectivity index (χ3n) is 2.66. The Morgan fingerprint density at radius 1 is 1.60 bits per heavy atom. The molecule has 0 saturated carbocycles. The van der Waals surface area contributed by atoms with E-state index in [1.54, 1.807) is 6.21 Å². The van der Waals surface area contributed by atoms with Crippen LogP contribution in [0.25, 0.3) is 0 Å². The zero-order chi connectivity index (χ0) is 10.4. The van der Waals surface area contributed by atoms with Crippen LogP contribution in [-0.2, 0) is 6.54 Å². The van der Waals surface area contributed by atoms with E-state index in [2.05, 4.69) is 28.6 Å². The average Bonchev–Trinajstić information content (AvgIpc) is 2.68. The molecule has 0 aliphatic rings. The number of H-pyrrole nitrogens is 1. The third kappa shape index (κ3) is 4.63. The predicted octanol–water partition coefficient (Wildman–Crippen LogP) is -1.57. The quantitative estimate of drug-likeness (QED) is 0.222. The summed E-state index contributed by atoms with van der Waals surface area (Å²) in [6, 6.07) is 0. The molecule has 0 bridgehead atoms. The van der Waals surface area contributed by atoms with E-state index in [1.165, 1.54) is 0 Å². The zero-order valence-electron chi connectivity index (χ0n) is 9.10. The van der Waals surface area contributed by atoms with Gasteiger partial charge in [-0.2, -0.15) is 0 Å². The monoisotopic (exact) mass is 323 g/mol. The van der Waals surface area contributed by atoms with E-state index in [4.69, 9.17) is 5.21 Å². The lowest BCUT2D eigenvalue weighted by molar-refractivity contribution is -0.700. The Labute approximate surface area is 107 Å². The molecular weight excluding hydrogens is 305 g/mol. The molecule has 15 heavy (non-hydrogen) atoms. The number of aromatic amines is 1. The Balaban J connectivity index is 0.00000196. The van der Waals surface area contributed by atoms with E-state index in [-0.39, 0.29) is 29.9 Å². The molecule has 1 heterocycles. The van der Waals surface area contributed by atoms with Crippen molar-refractivity contribution < 1.29 is 33.8 Å². The lowest BCUT2D eigenvalue weighted by Gasteiger charge is -2.15. The van der Waals surface area contributed by atoms with Gasteiger partial charge in [-0.15, -0.1) is 5.16 Å². The van der Waals surface area contributed by atoms with E-state index in [0.29, 0.717) is 5.92 Å². The van der Waals surface area contributed by atoms with Crippen LogP contribution in [-0.4, -0.2) is 16.4 Å². The first-order valence-corrected chi connectivity index (χ1v) is 4.97. The van der Waals surface area contributed by atoms with Crippen LogP contribution >= 0.6 is 0 Å². The number of oxime groups is 1. The molecule has 4 nitrogen and oxygen atoms in total. The van der Waals surface area contributed by atoms with Crippen LogP contribution in [0.3, 0.4) is 0 Å². The van der Waals surface area contributed by atoms with Gasteiger partial charge in [0.05, 0.1) is 12.8 Å². The van der Waals surface area contributed by atoms with Crippen LogP contribution < -0.4 is 28.5 Å².